The van der Waals surface area contributed by atoms with Gasteiger partial charge in [0.2, 0.25) is 5.91 Å². The highest BCUT2D eigenvalue weighted by Crippen LogP contribution is 2.57. The van der Waals surface area contributed by atoms with E-state index in [9.17, 15) is 9.90 Å². The standard InChI is InChI=1S/C32H32N4O4/c1-39-25-10-8-22(9-11-25)21-35-30-26(32(31(35)38)12-5-13-32)18-23(19-28(30)37)27-20-29(34-14-16-40-17-15-34)33-36(27)24-6-3-2-4-7-24/h2-4,6-11,18-20,37H,5,12-17,21H2,1H3. The number of nitrogens with zero attached hydrogens (tertiary/aromatic N) is 4. The molecule has 1 N–H and O–H groups in total. The molecule has 1 aliphatic carbocycles. The van der Waals surface area contributed by atoms with Crippen LogP contribution in [0.3, 0.4) is 0 Å². The third kappa shape index (κ3) is 3.93. The lowest BCUT2D eigenvalue weighted by Gasteiger charge is -2.37. The van der Waals surface area contributed by atoms with Crippen molar-refractivity contribution in [1.29, 1.82) is 0 Å². The molecule has 1 saturated carbocycles. The van der Waals surface area contributed by atoms with E-state index >= 15 is 0 Å². The lowest BCUT2D eigenvalue weighted by Crippen LogP contribution is -2.44. The van der Waals surface area contributed by atoms with E-state index in [1.807, 2.05) is 59.3 Å². The minimum absolute atomic E-state index is 0.0718. The summed E-state index contributed by atoms with van der Waals surface area (Å²) in [4.78, 5) is 17.9. The largest absolute Gasteiger partial charge is 0.506 e. The first-order valence-electron chi connectivity index (χ1n) is 13.9. The molecule has 8 nitrogen and oxygen atoms in total. The van der Waals surface area contributed by atoms with E-state index < -0.39 is 5.41 Å². The topological polar surface area (TPSA) is 80.1 Å². The van der Waals surface area contributed by atoms with Crippen molar-refractivity contribution in [1.82, 2.24) is 9.78 Å². The van der Waals surface area contributed by atoms with Gasteiger partial charge in [0.25, 0.3) is 0 Å². The lowest BCUT2D eigenvalue weighted by molar-refractivity contribution is -0.126. The van der Waals surface area contributed by atoms with Gasteiger partial charge in [0.1, 0.15) is 11.5 Å². The summed E-state index contributed by atoms with van der Waals surface area (Å²) >= 11 is 0. The van der Waals surface area contributed by atoms with Crippen LogP contribution in [-0.2, 0) is 21.5 Å². The predicted molar refractivity (Wildman–Crippen MR) is 153 cm³/mol. The molecule has 40 heavy (non-hydrogen) atoms. The number of morpholine rings is 1. The number of methoxy groups -OCH3 is 1. The SMILES string of the molecule is COc1ccc(CN2C(=O)C3(CCC3)c3cc(-c4cc(N5CCOCC5)nn4-c4ccccc4)cc(O)c32)cc1. The molecular formula is C32H32N4O4. The summed E-state index contributed by atoms with van der Waals surface area (Å²) in [5.41, 5.74) is 4.60. The number of hydrogen-bond acceptors (Lipinski definition) is 6. The number of aromatic nitrogens is 2. The van der Waals surface area contributed by atoms with Crippen LogP contribution in [0, 0.1) is 0 Å². The quantitative estimate of drug-likeness (QED) is 0.371. The Morgan fingerprint density at radius 3 is 2.42 bits per heavy atom. The number of fused-ring (bicyclic) bond motifs is 2. The molecule has 204 valence electrons. The number of rotatable bonds is 6. The van der Waals surface area contributed by atoms with Crippen molar-refractivity contribution >= 4 is 17.4 Å². The number of carbonyl (C=O) groups is 1. The number of phenolic OH excluding ortho intramolecular Hbond substituents is 1. The molecule has 1 spiro atoms. The Kier molecular flexibility index (Phi) is 6.00. The molecule has 3 aliphatic rings. The van der Waals surface area contributed by atoms with Crippen molar-refractivity contribution < 1.29 is 19.4 Å². The molecule has 3 aromatic carbocycles. The molecule has 2 fully saturated rings. The predicted octanol–water partition coefficient (Wildman–Crippen LogP) is 5.06. The van der Waals surface area contributed by atoms with Crippen LogP contribution in [0.4, 0.5) is 11.5 Å². The molecule has 0 unspecified atom stereocenters. The summed E-state index contributed by atoms with van der Waals surface area (Å²) in [6.45, 7) is 3.29. The maximum Gasteiger partial charge on any atom is 0.238 e. The minimum Gasteiger partial charge on any atom is -0.506 e. The zero-order valence-electron chi connectivity index (χ0n) is 22.5. The van der Waals surface area contributed by atoms with Crippen molar-refractivity contribution in [2.45, 2.75) is 31.2 Å². The summed E-state index contributed by atoms with van der Waals surface area (Å²) in [5, 5.41) is 16.5. The molecule has 0 bridgehead atoms. The highest BCUT2D eigenvalue weighted by molar-refractivity contribution is 6.10. The average Bonchev–Trinajstić information content (AvgIpc) is 3.52. The number of phenols is 1. The molecule has 2 aliphatic heterocycles. The lowest BCUT2D eigenvalue weighted by atomic mass is 9.65. The smallest absolute Gasteiger partial charge is 0.238 e. The number of aromatic hydroxyl groups is 1. The van der Waals surface area contributed by atoms with Crippen molar-refractivity contribution in [2.24, 2.45) is 0 Å². The second-order valence-electron chi connectivity index (χ2n) is 10.8. The van der Waals surface area contributed by atoms with E-state index in [4.69, 9.17) is 14.6 Å². The van der Waals surface area contributed by atoms with E-state index in [-0.39, 0.29) is 11.7 Å². The first-order chi connectivity index (χ1) is 19.6. The summed E-state index contributed by atoms with van der Waals surface area (Å²) in [6, 6.07) is 23.7. The van der Waals surface area contributed by atoms with Gasteiger partial charge in [0, 0.05) is 24.7 Å². The molecule has 0 atom stereocenters. The van der Waals surface area contributed by atoms with Gasteiger partial charge in [0.05, 0.1) is 49.4 Å². The van der Waals surface area contributed by atoms with Gasteiger partial charge in [-0.25, -0.2) is 4.68 Å². The Morgan fingerprint density at radius 1 is 1.00 bits per heavy atom. The maximum absolute atomic E-state index is 13.9. The maximum atomic E-state index is 13.9. The van der Waals surface area contributed by atoms with Gasteiger partial charge in [-0.1, -0.05) is 36.8 Å². The zero-order chi connectivity index (χ0) is 27.3. The van der Waals surface area contributed by atoms with Gasteiger partial charge in [-0.05, 0) is 60.4 Å². The molecular weight excluding hydrogens is 504 g/mol. The zero-order valence-corrected chi connectivity index (χ0v) is 22.5. The van der Waals surface area contributed by atoms with Gasteiger partial charge in [-0.2, -0.15) is 0 Å². The molecule has 1 aromatic heterocycles. The molecule has 1 amide bonds. The summed E-state index contributed by atoms with van der Waals surface area (Å²) in [6.07, 6.45) is 2.57. The van der Waals surface area contributed by atoms with Crippen LogP contribution in [0.1, 0.15) is 30.4 Å². The molecule has 3 heterocycles. The number of hydrogen-bond donors (Lipinski definition) is 1. The number of anilines is 2. The van der Waals surface area contributed by atoms with Crippen LogP contribution in [-0.4, -0.2) is 54.2 Å². The molecule has 0 radical (unpaired) electrons. The van der Waals surface area contributed by atoms with E-state index in [1.54, 1.807) is 18.1 Å². The first-order valence-corrected chi connectivity index (χ1v) is 13.9. The van der Waals surface area contributed by atoms with Crippen LogP contribution in [0.15, 0.2) is 72.8 Å². The van der Waals surface area contributed by atoms with Gasteiger partial charge in [-0.15, -0.1) is 5.10 Å². The van der Waals surface area contributed by atoms with Crippen molar-refractivity contribution in [3.63, 3.8) is 0 Å². The number of benzene rings is 3. The minimum atomic E-state index is -0.583. The highest BCUT2D eigenvalue weighted by Gasteiger charge is 2.55. The number of para-hydroxylation sites is 1. The molecule has 7 rings (SSSR count). The fraction of sp³-hybridized carbons (Fsp3) is 0.312. The second kappa shape index (κ2) is 9.71. The highest BCUT2D eigenvalue weighted by atomic mass is 16.5. The van der Waals surface area contributed by atoms with Gasteiger partial charge in [0.15, 0.2) is 5.82 Å². The second-order valence-corrected chi connectivity index (χ2v) is 10.8. The van der Waals surface area contributed by atoms with Crippen molar-refractivity contribution in [3.05, 3.63) is 83.9 Å². The number of ether oxygens (including phenoxy) is 2. The summed E-state index contributed by atoms with van der Waals surface area (Å²) in [5.74, 6) is 1.83. The summed E-state index contributed by atoms with van der Waals surface area (Å²) < 4.78 is 12.8. The Morgan fingerprint density at radius 2 is 1.75 bits per heavy atom. The first kappa shape index (κ1) is 24.7. The normalized spacial score (nSPS) is 17.7. The monoisotopic (exact) mass is 536 g/mol. The average molecular weight is 537 g/mol. The van der Waals surface area contributed by atoms with E-state index in [0.717, 1.165) is 72.0 Å². The van der Waals surface area contributed by atoms with Gasteiger partial charge in [-0.3, -0.25) is 4.79 Å². The summed E-state index contributed by atoms with van der Waals surface area (Å²) in [7, 11) is 1.64. The number of amides is 1. The van der Waals surface area contributed by atoms with Crippen LogP contribution < -0.4 is 14.5 Å². The fourth-order valence-corrected chi connectivity index (χ4v) is 6.26. The third-order valence-electron chi connectivity index (χ3n) is 8.56. The van der Waals surface area contributed by atoms with E-state index in [0.29, 0.717) is 25.4 Å². The van der Waals surface area contributed by atoms with Crippen LogP contribution >= 0.6 is 0 Å². The van der Waals surface area contributed by atoms with Crippen LogP contribution in [0.25, 0.3) is 16.9 Å². The van der Waals surface area contributed by atoms with Crippen LogP contribution in [0.5, 0.6) is 11.5 Å². The number of carbonyl (C=O) groups excluding carboxylic acids is 1. The Balaban J connectivity index is 1.33. The molecule has 1 saturated heterocycles. The Bertz CT molecular complexity index is 1550. The van der Waals surface area contributed by atoms with Crippen molar-refractivity contribution in [2.75, 3.05) is 43.2 Å². The van der Waals surface area contributed by atoms with E-state index in [2.05, 4.69) is 17.0 Å². The van der Waals surface area contributed by atoms with Gasteiger partial charge >= 0.3 is 0 Å². The molecule has 8 heteroatoms. The van der Waals surface area contributed by atoms with E-state index in [1.165, 1.54) is 0 Å². The Hall–Kier alpha value is -4.30. The molecule has 4 aromatic rings. The fourth-order valence-electron chi connectivity index (χ4n) is 6.26. The Labute approximate surface area is 233 Å². The third-order valence-corrected chi connectivity index (χ3v) is 8.56. The van der Waals surface area contributed by atoms with Gasteiger partial charge < -0.3 is 24.4 Å². The van der Waals surface area contributed by atoms with Crippen molar-refractivity contribution in [3.8, 4) is 28.4 Å². The van der Waals surface area contributed by atoms with Crippen LogP contribution in [0.2, 0.25) is 0 Å².